The minimum atomic E-state index is -0.285. The number of carbonyl (C=O) groups excluding carboxylic acids is 1. The molecule has 19 heavy (non-hydrogen) atoms. The van der Waals surface area contributed by atoms with E-state index >= 15 is 0 Å². The lowest BCUT2D eigenvalue weighted by Gasteiger charge is -2.22. The molecule has 1 N–H and O–H groups in total. The van der Waals surface area contributed by atoms with Crippen LogP contribution in [-0.4, -0.2) is 5.91 Å². The van der Waals surface area contributed by atoms with E-state index in [2.05, 4.69) is 5.32 Å². The number of furan rings is 1. The minimum Gasteiger partial charge on any atom is -0.472 e. The van der Waals surface area contributed by atoms with Crippen molar-refractivity contribution in [3.05, 3.63) is 59.8 Å². The van der Waals surface area contributed by atoms with Crippen LogP contribution >= 0.6 is 0 Å². The van der Waals surface area contributed by atoms with Gasteiger partial charge in [0.2, 0.25) is 0 Å². The lowest BCUT2D eigenvalue weighted by atomic mass is 9.95. The van der Waals surface area contributed by atoms with Gasteiger partial charge in [0.25, 0.3) is 5.91 Å². The highest BCUT2D eigenvalue weighted by Gasteiger charge is 2.19. The van der Waals surface area contributed by atoms with Gasteiger partial charge in [-0.05, 0) is 29.7 Å². The molecule has 2 aromatic rings. The van der Waals surface area contributed by atoms with Gasteiger partial charge in [0.05, 0.1) is 17.9 Å². The molecule has 0 saturated heterocycles. The minimum absolute atomic E-state index is 0.164. The van der Waals surface area contributed by atoms with Crippen molar-refractivity contribution < 1.29 is 13.6 Å². The van der Waals surface area contributed by atoms with Crippen molar-refractivity contribution in [2.75, 3.05) is 0 Å². The highest BCUT2D eigenvalue weighted by molar-refractivity contribution is 5.94. The van der Waals surface area contributed by atoms with Crippen LogP contribution in [0.15, 0.2) is 47.3 Å². The molecule has 4 heteroatoms. The van der Waals surface area contributed by atoms with Crippen LogP contribution in [0.25, 0.3) is 0 Å². The predicted octanol–water partition coefficient (Wildman–Crippen LogP) is 3.55. The third-order valence-corrected chi connectivity index (χ3v) is 2.97. The summed E-state index contributed by atoms with van der Waals surface area (Å²) in [6.45, 7) is 4.01. The van der Waals surface area contributed by atoms with Gasteiger partial charge in [-0.15, -0.1) is 0 Å². The van der Waals surface area contributed by atoms with Crippen LogP contribution in [0.5, 0.6) is 0 Å². The number of rotatable bonds is 4. The molecule has 1 aromatic heterocycles. The second-order valence-electron chi connectivity index (χ2n) is 4.76. The molecule has 1 amide bonds. The van der Waals surface area contributed by atoms with Crippen LogP contribution in [0.3, 0.4) is 0 Å². The summed E-state index contributed by atoms with van der Waals surface area (Å²) in [7, 11) is 0. The van der Waals surface area contributed by atoms with E-state index in [9.17, 15) is 9.18 Å². The number of carbonyl (C=O) groups is 1. The number of halogens is 1. The zero-order valence-corrected chi connectivity index (χ0v) is 10.9. The third kappa shape index (κ3) is 3.22. The van der Waals surface area contributed by atoms with Crippen LogP contribution < -0.4 is 5.32 Å². The molecule has 1 atom stereocenters. The molecule has 1 aromatic carbocycles. The fourth-order valence-corrected chi connectivity index (χ4v) is 1.92. The largest absolute Gasteiger partial charge is 0.472 e. The molecule has 100 valence electrons. The van der Waals surface area contributed by atoms with Gasteiger partial charge in [0.1, 0.15) is 12.1 Å². The Labute approximate surface area is 111 Å². The van der Waals surface area contributed by atoms with Crippen LogP contribution in [0.1, 0.15) is 35.8 Å². The van der Waals surface area contributed by atoms with E-state index < -0.39 is 0 Å². The number of nitrogens with one attached hydrogen (secondary N) is 1. The van der Waals surface area contributed by atoms with Gasteiger partial charge in [-0.1, -0.05) is 26.0 Å². The van der Waals surface area contributed by atoms with Crippen LogP contribution in [0.4, 0.5) is 4.39 Å². The summed E-state index contributed by atoms with van der Waals surface area (Å²) < 4.78 is 17.8. The Hall–Kier alpha value is -2.10. The van der Waals surface area contributed by atoms with E-state index in [-0.39, 0.29) is 23.7 Å². The fourth-order valence-electron chi connectivity index (χ4n) is 1.92. The summed E-state index contributed by atoms with van der Waals surface area (Å²) in [6.07, 6.45) is 2.86. The molecule has 0 spiro atoms. The molecule has 1 heterocycles. The van der Waals surface area contributed by atoms with Crippen molar-refractivity contribution in [2.24, 2.45) is 5.92 Å². The van der Waals surface area contributed by atoms with Gasteiger partial charge in [0.15, 0.2) is 0 Å². The lowest BCUT2D eigenvalue weighted by Crippen LogP contribution is -2.31. The molecule has 3 nitrogen and oxygen atoms in total. The van der Waals surface area contributed by atoms with Gasteiger partial charge in [-0.2, -0.15) is 0 Å². The summed E-state index contributed by atoms with van der Waals surface area (Å²) in [4.78, 5) is 12.0. The standard InChI is InChI=1S/C15H16FNO2/c1-10(2)14(11-3-5-13(16)6-4-11)17-15(18)12-7-8-19-9-12/h3-10,14H,1-2H3,(H,17,18)/t14-/m0/s1. The van der Waals surface area contributed by atoms with E-state index in [1.165, 1.54) is 24.7 Å². The van der Waals surface area contributed by atoms with Gasteiger partial charge in [-0.3, -0.25) is 4.79 Å². The Balaban J connectivity index is 2.17. The summed E-state index contributed by atoms with van der Waals surface area (Å²) in [5.74, 6) is -0.287. The average molecular weight is 261 g/mol. The quantitative estimate of drug-likeness (QED) is 0.914. The number of hydrogen-bond donors (Lipinski definition) is 1. The maximum atomic E-state index is 12.9. The number of hydrogen-bond acceptors (Lipinski definition) is 2. The SMILES string of the molecule is CC(C)[C@H](NC(=O)c1ccoc1)c1ccc(F)cc1. The van der Waals surface area contributed by atoms with Gasteiger partial charge in [-0.25, -0.2) is 4.39 Å². The molecule has 0 bridgehead atoms. The maximum absolute atomic E-state index is 12.9. The average Bonchev–Trinajstić information content (AvgIpc) is 2.90. The maximum Gasteiger partial charge on any atom is 0.255 e. The van der Waals surface area contributed by atoms with E-state index in [1.807, 2.05) is 13.8 Å². The van der Waals surface area contributed by atoms with E-state index in [0.29, 0.717) is 5.56 Å². The Morgan fingerprint density at radius 2 is 1.89 bits per heavy atom. The van der Waals surface area contributed by atoms with Gasteiger partial charge in [0, 0.05) is 0 Å². The molecule has 2 rings (SSSR count). The highest BCUT2D eigenvalue weighted by Crippen LogP contribution is 2.22. The van der Waals surface area contributed by atoms with Crippen LogP contribution in [0, 0.1) is 11.7 Å². The predicted molar refractivity (Wildman–Crippen MR) is 70.2 cm³/mol. The summed E-state index contributed by atoms with van der Waals surface area (Å²) >= 11 is 0. The summed E-state index contributed by atoms with van der Waals surface area (Å²) in [5, 5.41) is 2.93. The zero-order chi connectivity index (χ0) is 13.8. The smallest absolute Gasteiger partial charge is 0.255 e. The van der Waals surface area contributed by atoms with Crippen molar-refractivity contribution in [3.8, 4) is 0 Å². The Morgan fingerprint density at radius 3 is 2.42 bits per heavy atom. The van der Waals surface area contributed by atoms with E-state index in [4.69, 9.17) is 4.42 Å². The van der Waals surface area contributed by atoms with Crippen molar-refractivity contribution >= 4 is 5.91 Å². The molecule has 0 aliphatic rings. The molecular formula is C15H16FNO2. The first kappa shape index (κ1) is 13.3. The first-order valence-corrected chi connectivity index (χ1v) is 6.16. The first-order valence-electron chi connectivity index (χ1n) is 6.16. The van der Waals surface area contributed by atoms with E-state index in [0.717, 1.165) is 5.56 Å². The second kappa shape index (κ2) is 5.69. The first-order chi connectivity index (χ1) is 9.08. The molecule has 0 radical (unpaired) electrons. The van der Waals surface area contributed by atoms with Gasteiger partial charge < -0.3 is 9.73 Å². The summed E-state index contributed by atoms with van der Waals surface area (Å²) in [6, 6.07) is 7.62. The third-order valence-electron chi connectivity index (χ3n) is 2.97. The molecule has 0 unspecified atom stereocenters. The number of amides is 1. The zero-order valence-electron chi connectivity index (χ0n) is 10.9. The topological polar surface area (TPSA) is 42.2 Å². The number of benzene rings is 1. The Kier molecular flexibility index (Phi) is 4.00. The van der Waals surface area contributed by atoms with Crippen molar-refractivity contribution in [1.29, 1.82) is 0 Å². The molecule has 0 aliphatic carbocycles. The monoisotopic (exact) mass is 261 g/mol. The second-order valence-corrected chi connectivity index (χ2v) is 4.76. The Morgan fingerprint density at radius 1 is 1.21 bits per heavy atom. The van der Waals surface area contributed by atoms with Gasteiger partial charge >= 0.3 is 0 Å². The molecular weight excluding hydrogens is 245 g/mol. The fraction of sp³-hybridized carbons (Fsp3) is 0.267. The molecule has 0 saturated carbocycles. The molecule has 0 aliphatic heterocycles. The van der Waals surface area contributed by atoms with Crippen molar-refractivity contribution in [2.45, 2.75) is 19.9 Å². The van der Waals surface area contributed by atoms with E-state index in [1.54, 1.807) is 18.2 Å². The van der Waals surface area contributed by atoms with Crippen LogP contribution in [-0.2, 0) is 0 Å². The molecule has 0 fully saturated rings. The van der Waals surface area contributed by atoms with Crippen LogP contribution in [0.2, 0.25) is 0 Å². The summed E-state index contributed by atoms with van der Waals surface area (Å²) in [5.41, 5.74) is 1.36. The normalized spacial score (nSPS) is 12.4. The lowest BCUT2D eigenvalue weighted by molar-refractivity contribution is 0.0925. The highest BCUT2D eigenvalue weighted by atomic mass is 19.1. The Bertz CT molecular complexity index is 532. The van der Waals surface area contributed by atoms with Crippen molar-refractivity contribution in [1.82, 2.24) is 5.32 Å². The van der Waals surface area contributed by atoms with Crippen molar-refractivity contribution in [3.63, 3.8) is 0 Å².